The van der Waals surface area contributed by atoms with Crippen molar-refractivity contribution < 1.29 is 9.21 Å². The number of anilines is 1. The molecular formula is C19H19N3O3. The standard InChI is InChI=1S/C19H19N3O3/c1-11-5-4-6-12(2)18(11)14-9-17(24)25-19-13(14)7-8-16(21-19)22(3)10-15(20)23/h4-9H,10H2,1-3H3,(H2,20,23). The van der Waals surface area contributed by atoms with E-state index >= 15 is 0 Å². The van der Waals surface area contributed by atoms with E-state index in [0.29, 0.717) is 5.82 Å². The Balaban J connectivity index is 2.22. The first-order valence-corrected chi connectivity index (χ1v) is 7.88. The number of rotatable bonds is 4. The zero-order valence-corrected chi connectivity index (χ0v) is 14.4. The summed E-state index contributed by atoms with van der Waals surface area (Å²) >= 11 is 0. The number of likely N-dealkylation sites (N-methyl/N-ethyl adjacent to an activating group) is 1. The first kappa shape index (κ1) is 16.7. The number of carbonyl (C=O) groups excluding carboxylic acids is 1. The summed E-state index contributed by atoms with van der Waals surface area (Å²) in [6.45, 7) is 4.04. The highest BCUT2D eigenvalue weighted by Crippen LogP contribution is 2.32. The second kappa shape index (κ2) is 6.39. The molecule has 0 aliphatic heterocycles. The molecule has 0 spiro atoms. The van der Waals surface area contributed by atoms with Crippen LogP contribution in [0, 0.1) is 13.8 Å². The van der Waals surface area contributed by atoms with E-state index in [1.54, 1.807) is 18.0 Å². The van der Waals surface area contributed by atoms with Gasteiger partial charge < -0.3 is 15.1 Å². The van der Waals surface area contributed by atoms with Crippen molar-refractivity contribution in [3.8, 4) is 11.1 Å². The molecule has 2 N–H and O–H groups in total. The lowest BCUT2D eigenvalue weighted by atomic mass is 9.94. The van der Waals surface area contributed by atoms with Crippen LogP contribution in [-0.4, -0.2) is 24.5 Å². The molecule has 0 saturated carbocycles. The summed E-state index contributed by atoms with van der Waals surface area (Å²) < 4.78 is 5.29. The van der Waals surface area contributed by atoms with Crippen molar-refractivity contribution in [2.45, 2.75) is 13.8 Å². The van der Waals surface area contributed by atoms with Gasteiger partial charge in [-0.2, -0.15) is 4.98 Å². The largest absolute Gasteiger partial charge is 0.404 e. The summed E-state index contributed by atoms with van der Waals surface area (Å²) in [5.74, 6) is 0.0447. The predicted molar refractivity (Wildman–Crippen MR) is 97.7 cm³/mol. The molecule has 0 saturated heterocycles. The van der Waals surface area contributed by atoms with Gasteiger partial charge in [0.1, 0.15) is 5.82 Å². The normalized spacial score (nSPS) is 10.8. The van der Waals surface area contributed by atoms with Gasteiger partial charge in [-0.25, -0.2) is 4.79 Å². The summed E-state index contributed by atoms with van der Waals surface area (Å²) in [5.41, 5.74) is 8.92. The Morgan fingerprint density at radius 1 is 1.20 bits per heavy atom. The number of aromatic nitrogens is 1. The van der Waals surface area contributed by atoms with Crippen LogP contribution in [0.2, 0.25) is 0 Å². The Labute approximate surface area is 144 Å². The van der Waals surface area contributed by atoms with Crippen molar-refractivity contribution in [2.24, 2.45) is 5.73 Å². The van der Waals surface area contributed by atoms with Crippen LogP contribution in [-0.2, 0) is 4.79 Å². The van der Waals surface area contributed by atoms with Crippen LogP contribution in [0.25, 0.3) is 22.2 Å². The third kappa shape index (κ3) is 3.24. The average Bonchev–Trinajstić information content (AvgIpc) is 2.53. The van der Waals surface area contributed by atoms with Crippen LogP contribution in [0.1, 0.15) is 11.1 Å². The molecule has 2 aromatic heterocycles. The van der Waals surface area contributed by atoms with Gasteiger partial charge in [-0.15, -0.1) is 0 Å². The van der Waals surface area contributed by atoms with Crippen LogP contribution in [0.5, 0.6) is 0 Å². The molecule has 6 nitrogen and oxygen atoms in total. The average molecular weight is 337 g/mol. The lowest BCUT2D eigenvalue weighted by Gasteiger charge is -2.17. The molecule has 0 fully saturated rings. The minimum atomic E-state index is -0.465. The summed E-state index contributed by atoms with van der Waals surface area (Å²) in [6.07, 6.45) is 0. The fourth-order valence-corrected chi connectivity index (χ4v) is 3.01. The fraction of sp³-hybridized carbons (Fsp3) is 0.211. The Morgan fingerprint density at radius 2 is 1.88 bits per heavy atom. The molecule has 0 unspecified atom stereocenters. The monoisotopic (exact) mass is 337 g/mol. The minimum absolute atomic E-state index is 0.0271. The van der Waals surface area contributed by atoms with Gasteiger partial charge in [0.25, 0.3) is 0 Å². The van der Waals surface area contributed by atoms with E-state index in [2.05, 4.69) is 4.98 Å². The van der Waals surface area contributed by atoms with Gasteiger partial charge >= 0.3 is 5.63 Å². The fourth-order valence-electron chi connectivity index (χ4n) is 3.01. The van der Waals surface area contributed by atoms with Gasteiger partial charge in [0.15, 0.2) is 0 Å². The van der Waals surface area contributed by atoms with E-state index < -0.39 is 11.5 Å². The maximum atomic E-state index is 12.1. The molecule has 0 aliphatic carbocycles. The van der Waals surface area contributed by atoms with Crippen LogP contribution in [0.3, 0.4) is 0 Å². The lowest BCUT2D eigenvalue weighted by molar-refractivity contribution is -0.116. The number of aryl methyl sites for hydroxylation is 2. The van der Waals surface area contributed by atoms with Crippen molar-refractivity contribution in [3.63, 3.8) is 0 Å². The van der Waals surface area contributed by atoms with E-state index in [1.165, 1.54) is 6.07 Å². The highest BCUT2D eigenvalue weighted by Gasteiger charge is 2.15. The quantitative estimate of drug-likeness (QED) is 0.789. The molecule has 3 aromatic rings. The number of carbonyl (C=O) groups is 1. The third-order valence-electron chi connectivity index (χ3n) is 4.13. The molecule has 0 atom stereocenters. The van der Waals surface area contributed by atoms with E-state index in [9.17, 15) is 9.59 Å². The highest BCUT2D eigenvalue weighted by atomic mass is 16.4. The first-order valence-electron chi connectivity index (χ1n) is 7.88. The van der Waals surface area contributed by atoms with Crippen molar-refractivity contribution in [2.75, 3.05) is 18.5 Å². The van der Waals surface area contributed by atoms with Gasteiger partial charge in [-0.3, -0.25) is 4.79 Å². The van der Waals surface area contributed by atoms with Gasteiger partial charge in [-0.1, -0.05) is 18.2 Å². The molecule has 0 aliphatic rings. The number of hydrogen-bond acceptors (Lipinski definition) is 5. The molecule has 1 aromatic carbocycles. The molecule has 25 heavy (non-hydrogen) atoms. The number of primary amides is 1. The summed E-state index contributed by atoms with van der Waals surface area (Å²) in [7, 11) is 1.70. The van der Waals surface area contributed by atoms with Gasteiger partial charge in [0.2, 0.25) is 11.6 Å². The van der Waals surface area contributed by atoms with Crippen LogP contribution in [0.4, 0.5) is 5.82 Å². The Morgan fingerprint density at radius 3 is 2.52 bits per heavy atom. The number of nitrogens with two attached hydrogens (primary N) is 1. The van der Waals surface area contributed by atoms with E-state index in [1.807, 2.05) is 38.1 Å². The van der Waals surface area contributed by atoms with Crippen molar-refractivity contribution in [1.29, 1.82) is 0 Å². The van der Waals surface area contributed by atoms with Crippen LogP contribution >= 0.6 is 0 Å². The molecule has 2 heterocycles. The molecule has 1 amide bonds. The molecule has 0 radical (unpaired) electrons. The van der Waals surface area contributed by atoms with E-state index in [-0.39, 0.29) is 12.3 Å². The number of pyridine rings is 1. The predicted octanol–water partition coefficient (Wildman–Crippen LogP) is 2.39. The minimum Gasteiger partial charge on any atom is -0.404 e. The van der Waals surface area contributed by atoms with Crippen molar-refractivity contribution in [3.05, 3.63) is 57.9 Å². The number of amides is 1. The number of benzene rings is 1. The maximum absolute atomic E-state index is 12.1. The van der Waals surface area contributed by atoms with Gasteiger partial charge in [0, 0.05) is 24.1 Å². The zero-order valence-electron chi connectivity index (χ0n) is 14.4. The lowest BCUT2D eigenvalue weighted by Crippen LogP contribution is -2.31. The maximum Gasteiger partial charge on any atom is 0.338 e. The summed E-state index contributed by atoms with van der Waals surface area (Å²) in [5, 5.41) is 0.744. The van der Waals surface area contributed by atoms with Gasteiger partial charge in [-0.05, 0) is 42.7 Å². The molecule has 3 rings (SSSR count). The number of nitrogens with zero attached hydrogens (tertiary/aromatic N) is 2. The van der Waals surface area contributed by atoms with Crippen LogP contribution in [0.15, 0.2) is 45.6 Å². The summed E-state index contributed by atoms with van der Waals surface area (Å²) in [6, 6.07) is 11.1. The molecule has 0 bridgehead atoms. The van der Waals surface area contributed by atoms with E-state index in [0.717, 1.165) is 27.6 Å². The van der Waals surface area contributed by atoms with Gasteiger partial charge in [0.05, 0.1) is 6.54 Å². The van der Waals surface area contributed by atoms with Crippen LogP contribution < -0.4 is 16.3 Å². The Kier molecular flexibility index (Phi) is 4.27. The third-order valence-corrected chi connectivity index (χ3v) is 4.13. The first-order chi connectivity index (χ1) is 11.9. The van der Waals surface area contributed by atoms with Crippen molar-refractivity contribution >= 4 is 22.8 Å². The molecule has 6 heteroatoms. The Bertz CT molecular complexity index is 1000. The topological polar surface area (TPSA) is 89.4 Å². The zero-order chi connectivity index (χ0) is 18.1. The smallest absolute Gasteiger partial charge is 0.338 e. The SMILES string of the molecule is Cc1cccc(C)c1-c1cc(=O)oc2nc(N(C)CC(N)=O)ccc12. The number of hydrogen-bond donors (Lipinski definition) is 1. The molecule has 128 valence electrons. The highest BCUT2D eigenvalue weighted by molar-refractivity contribution is 5.94. The van der Waals surface area contributed by atoms with E-state index in [4.69, 9.17) is 10.2 Å². The second-order valence-electron chi connectivity index (χ2n) is 6.09. The second-order valence-corrected chi connectivity index (χ2v) is 6.09. The molecular weight excluding hydrogens is 318 g/mol. The summed E-state index contributed by atoms with van der Waals surface area (Å²) in [4.78, 5) is 29.1. The number of fused-ring (bicyclic) bond motifs is 1. The Hall–Kier alpha value is -3.15. The van der Waals surface area contributed by atoms with Crippen molar-refractivity contribution in [1.82, 2.24) is 4.98 Å².